The zero-order chi connectivity index (χ0) is 12.3. The van der Waals surface area contributed by atoms with Crippen molar-refractivity contribution in [2.45, 2.75) is 26.3 Å². The summed E-state index contributed by atoms with van der Waals surface area (Å²) >= 11 is 1.65. The average Bonchev–Trinajstić information content (AvgIpc) is 2.77. The van der Waals surface area contributed by atoms with Crippen LogP contribution in [-0.4, -0.2) is 9.97 Å². The number of aryl methyl sites for hydroxylation is 2. The lowest BCUT2D eigenvalue weighted by Gasteiger charge is -2.16. The summed E-state index contributed by atoms with van der Waals surface area (Å²) in [6, 6.07) is 4.24. The maximum absolute atomic E-state index is 5.64. The van der Waals surface area contributed by atoms with Crippen molar-refractivity contribution in [3.63, 3.8) is 0 Å². The van der Waals surface area contributed by atoms with Crippen LogP contribution in [-0.2, 0) is 6.42 Å². The Morgan fingerprint density at radius 3 is 2.59 bits per heavy atom. The molecule has 3 N–H and O–H groups in total. The Morgan fingerprint density at radius 1 is 1.35 bits per heavy atom. The van der Waals surface area contributed by atoms with Gasteiger partial charge in [0.25, 0.3) is 0 Å². The lowest BCUT2D eigenvalue weighted by atomic mass is 10.0. The third-order valence-electron chi connectivity index (χ3n) is 2.60. The molecule has 90 valence electrons. The van der Waals surface area contributed by atoms with E-state index in [-0.39, 0.29) is 6.04 Å². The number of hydrogen-bond donors (Lipinski definition) is 2. The van der Waals surface area contributed by atoms with Gasteiger partial charge in [-0.15, -0.1) is 11.3 Å². The number of aromatic nitrogens is 2. The normalized spacial score (nSPS) is 12.6. The summed E-state index contributed by atoms with van der Waals surface area (Å²) in [7, 11) is 0. The van der Waals surface area contributed by atoms with Gasteiger partial charge in [0.2, 0.25) is 0 Å². The number of thiazole rings is 1. The fourth-order valence-corrected chi connectivity index (χ4v) is 2.53. The van der Waals surface area contributed by atoms with E-state index < -0.39 is 0 Å². The first-order chi connectivity index (χ1) is 8.19. The van der Waals surface area contributed by atoms with Crippen LogP contribution in [0.1, 0.15) is 27.9 Å². The number of hydrazine groups is 1. The SMILES string of the molecule is Cc1cc(C(Cc2cncs2)NN)cc(C)n1. The summed E-state index contributed by atoms with van der Waals surface area (Å²) in [5.74, 6) is 5.64. The van der Waals surface area contributed by atoms with Gasteiger partial charge in [0.05, 0.1) is 11.6 Å². The Kier molecular flexibility index (Phi) is 3.83. The molecular weight excluding hydrogens is 232 g/mol. The highest BCUT2D eigenvalue weighted by Gasteiger charge is 2.12. The summed E-state index contributed by atoms with van der Waals surface area (Å²) < 4.78 is 0. The van der Waals surface area contributed by atoms with Crippen LogP contribution in [0.3, 0.4) is 0 Å². The minimum Gasteiger partial charge on any atom is -0.271 e. The van der Waals surface area contributed by atoms with E-state index in [1.165, 1.54) is 10.4 Å². The Labute approximate surface area is 105 Å². The molecule has 0 saturated heterocycles. The predicted octanol–water partition coefficient (Wildman–Crippen LogP) is 1.90. The molecule has 0 amide bonds. The van der Waals surface area contributed by atoms with Crippen molar-refractivity contribution < 1.29 is 0 Å². The van der Waals surface area contributed by atoms with Crippen molar-refractivity contribution in [1.29, 1.82) is 0 Å². The largest absolute Gasteiger partial charge is 0.271 e. The number of pyridine rings is 1. The molecule has 2 aromatic rings. The lowest BCUT2D eigenvalue weighted by Crippen LogP contribution is -2.29. The van der Waals surface area contributed by atoms with E-state index in [1.807, 2.05) is 25.6 Å². The first-order valence-electron chi connectivity index (χ1n) is 5.47. The first-order valence-corrected chi connectivity index (χ1v) is 6.35. The third kappa shape index (κ3) is 3.09. The quantitative estimate of drug-likeness (QED) is 0.641. The summed E-state index contributed by atoms with van der Waals surface area (Å²) in [4.78, 5) is 9.67. The van der Waals surface area contributed by atoms with Crippen molar-refractivity contribution in [3.05, 3.63) is 45.7 Å². The maximum Gasteiger partial charge on any atom is 0.0794 e. The van der Waals surface area contributed by atoms with Crippen molar-refractivity contribution in [2.24, 2.45) is 5.84 Å². The number of nitrogens with zero attached hydrogens (tertiary/aromatic N) is 2. The number of hydrogen-bond acceptors (Lipinski definition) is 5. The molecule has 0 aliphatic heterocycles. The third-order valence-corrected chi connectivity index (χ3v) is 3.40. The van der Waals surface area contributed by atoms with E-state index in [2.05, 4.69) is 27.5 Å². The topological polar surface area (TPSA) is 63.8 Å². The highest BCUT2D eigenvalue weighted by Crippen LogP contribution is 2.20. The molecule has 0 aromatic carbocycles. The highest BCUT2D eigenvalue weighted by molar-refractivity contribution is 7.09. The molecule has 0 radical (unpaired) electrons. The zero-order valence-corrected chi connectivity index (χ0v) is 10.8. The van der Waals surface area contributed by atoms with Gasteiger partial charge < -0.3 is 0 Å². The van der Waals surface area contributed by atoms with E-state index in [9.17, 15) is 0 Å². The van der Waals surface area contributed by atoms with Crippen molar-refractivity contribution in [3.8, 4) is 0 Å². The molecule has 17 heavy (non-hydrogen) atoms. The lowest BCUT2D eigenvalue weighted by molar-refractivity contribution is 0.553. The highest BCUT2D eigenvalue weighted by atomic mass is 32.1. The van der Waals surface area contributed by atoms with Gasteiger partial charge in [-0.05, 0) is 31.5 Å². The Morgan fingerprint density at radius 2 is 2.06 bits per heavy atom. The van der Waals surface area contributed by atoms with Gasteiger partial charge in [0, 0.05) is 28.9 Å². The van der Waals surface area contributed by atoms with E-state index in [4.69, 9.17) is 5.84 Å². The monoisotopic (exact) mass is 248 g/mol. The summed E-state index contributed by atoms with van der Waals surface area (Å²) in [6.07, 6.45) is 2.74. The van der Waals surface area contributed by atoms with Gasteiger partial charge >= 0.3 is 0 Å². The van der Waals surface area contributed by atoms with E-state index in [0.29, 0.717) is 0 Å². The first kappa shape index (κ1) is 12.2. The number of nitrogens with two attached hydrogens (primary N) is 1. The van der Waals surface area contributed by atoms with Crippen LogP contribution in [0, 0.1) is 13.8 Å². The molecule has 5 heteroatoms. The summed E-state index contributed by atoms with van der Waals surface area (Å²) in [5, 5.41) is 0. The molecule has 0 saturated carbocycles. The summed E-state index contributed by atoms with van der Waals surface area (Å²) in [6.45, 7) is 3.99. The molecule has 1 unspecified atom stereocenters. The number of nitrogens with one attached hydrogen (secondary N) is 1. The van der Waals surface area contributed by atoms with Crippen LogP contribution >= 0.6 is 11.3 Å². The molecule has 2 aromatic heterocycles. The van der Waals surface area contributed by atoms with Crippen LogP contribution < -0.4 is 11.3 Å². The van der Waals surface area contributed by atoms with E-state index in [0.717, 1.165) is 17.8 Å². The van der Waals surface area contributed by atoms with Gasteiger partial charge in [0.15, 0.2) is 0 Å². The molecule has 0 aliphatic rings. The molecule has 1 atom stereocenters. The second-order valence-electron chi connectivity index (χ2n) is 4.07. The van der Waals surface area contributed by atoms with Gasteiger partial charge in [0.1, 0.15) is 0 Å². The second kappa shape index (κ2) is 5.35. The van der Waals surface area contributed by atoms with Crippen LogP contribution in [0.4, 0.5) is 0 Å². The molecule has 0 bridgehead atoms. The predicted molar refractivity (Wildman–Crippen MR) is 69.6 cm³/mol. The van der Waals surface area contributed by atoms with Crippen LogP contribution in [0.15, 0.2) is 23.8 Å². The smallest absolute Gasteiger partial charge is 0.0794 e. The maximum atomic E-state index is 5.64. The van der Waals surface area contributed by atoms with Crippen molar-refractivity contribution in [1.82, 2.24) is 15.4 Å². The molecule has 4 nitrogen and oxygen atoms in total. The second-order valence-corrected chi connectivity index (χ2v) is 5.05. The fourth-order valence-electron chi connectivity index (χ4n) is 1.89. The fraction of sp³-hybridized carbons (Fsp3) is 0.333. The molecular formula is C12H16N4S. The Bertz CT molecular complexity index is 461. The molecule has 0 aliphatic carbocycles. The molecule has 0 spiro atoms. The molecule has 0 fully saturated rings. The standard InChI is InChI=1S/C12H16N4S/c1-8-3-10(4-9(2)15-8)12(16-13)5-11-6-14-7-17-11/h3-4,6-7,12,16H,5,13H2,1-2H3. The summed E-state index contributed by atoms with van der Waals surface area (Å²) in [5.41, 5.74) is 7.91. The molecule has 2 rings (SSSR count). The van der Waals surface area contributed by atoms with Gasteiger partial charge in [-0.2, -0.15) is 0 Å². The number of rotatable bonds is 4. The van der Waals surface area contributed by atoms with E-state index >= 15 is 0 Å². The minimum absolute atomic E-state index is 0.107. The van der Waals surface area contributed by atoms with Crippen molar-refractivity contribution >= 4 is 11.3 Å². The molecule has 2 heterocycles. The van der Waals surface area contributed by atoms with Gasteiger partial charge in [-0.25, -0.2) is 0 Å². The average molecular weight is 248 g/mol. The van der Waals surface area contributed by atoms with Crippen LogP contribution in [0.25, 0.3) is 0 Å². The van der Waals surface area contributed by atoms with Gasteiger partial charge in [-0.1, -0.05) is 0 Å². The zero-order valence-electron chi connectivity index (χ0n) is 9.97. The van der Waals surface area contributed by atoms with Crippen molar-refractivity contribution in [2.75, 3.05) is 0 Å². The minimum atomic E-state index is 0.107. The van der Waals surface area contributed by atoms with Crippen LogP contribution in [0.2, 0.25) is 0 Å². The Balaban J connectivity index is 2.22. The Hall–Kier alpha value is -1.30. The van der Waals surface area contributed by atoms with Gasteiger partial charge in [-0.3, -0.25) is 21.2 Å². The van der Waals surface area contributed by atoms with Crippen LogP contribution in [0.5, 0.6) is 0 Å². The van der Waals surface area contributed by atoms with E-state index in [1.54, 1.807) is 11.3 Å².